The molecule has 0 aliphatic heterocycles. The molecule has 7 nitrogen and oxygen atoms in total. The first-order valence-electron chi connectivity index (χ1n) is 6.31. The van der Waals surface area contributed by atoms with Gasteiger partial charge in [-0.1, -0.05) is 25.1 Å². The van der Waals surface area contributed by atoms with Crippen molar-refractivity contribution in [1.82, 2.24) is 15.0 Å². The summed E-state index contributed by atoms with van der Waals surface area (Å²) in [6.07, 6.45) is 0.791. The molecule has 106 valence electrons. The monoisotopic (exact) mass is 276 g/mol. The quantitative estimate of drug-likeness (QED) is 0.725. The number of carboxylic acid groups (broad SMARTS) is 1. The largest absolute Gasteiger partial charge is 0.476 e. The average Bonchev–Trinajstić information content (AvgIpc) is 2.89. The van der Waals surface area contributed by atoms with Crippen LogP contribution in [0.4, 0.5) is 5.82 Å². The molecule has 0 radical (unpaired) electrons. The molecule has 20 heavy (non-hydrogen) atoms. The van der Waals surface area contributed by atoms with Crippen LogP contribution in [0.3, 0.4) is 0 Å². The second kappa shape index (κ2) is 6.16. The molecular formula is C13H16N4O3. The van der Waals surface area contributed by atoms with Crippen molar-refractivity contribution in [2.75, 3.05) is 18.5 Å². The lowest BCUT2D eigenvalue weighted by molar-refractivity contribution is 0.0691. The van der Waals surface area contributed by atoms with Gasteiger partial charge < -0.3 is 15.5 Å². The summed E-state index contributed by atoms with van der Waals surface area (Å²) in [5, 5.41) is 28.8. The Bertz CT molecular complexity index is 609. The molecule has 0 aliphatic rings. The number of aliphatic hydroxyl groups excluding tert-OH is 1. The van der Waals surface area contributed by atoms with Gasteiger partial charge in [0.1, 0.15) is 0 Å². The Morgan fingerprint density at radius 1 is 1.35 bits per heavy atom. The van der Waals surface area contributed by atoms with E-state index in [-0.39, 0.29) is 24.7 Å². The van der Waals surface area contributed by atoms with E-state index >= 15 is 0 Å². The Balaban J connectivity index is 2.44. The molecule has 0 aliphatic carbocycles. The highest BCUT2D eigenvalue weighted by Gasteiger charge is 2.18. The van der Waals surface area contributed by atoms with Crippen molar-refractivity contribution in [2.45, 2.75) is 13.3 Å². The minimum absolute atomic E-state index is 0.114. The molecule has 7 heteroatoms. The summed E-state index contributed by atoms with van der Waals surface area (Å²) in [5.74, 6) is -1.01. The fourth-order valence-corrected chi connectivity index (χ4v) is 1.86. The summed E-state index contributed by atoms with van der Waals surface area (Å²) >= 11 is 0. The van der Waals surface area contributed by atoms with Crippen LogP contribution in [-0.4, -0.2) is 44.3 Å². The molecule has 0 atom stereocenters. The topological polar surface area (TPSA) is 100 Å². The van der Waals surface area contributed by atoms with Crippen LogP contribution in [0.2, 0.25) is 0 Å². The van der Waals surface area contributed by atoms with E-state index in [4.69, 9.17) is 10.2 Å². The molecule has 0 amide bonds. The molecule has 3 N–H and O–H groups in total. The van der Waals surface area contributed by atoms with Gasteiger partial charge in [0, 0.05) is 6.54 Å². The maximum atomic E-state index is 11.2. The normalized spacial score (nSPS) is 10.5. The zero-order valence-electron chi connectivity index (χ0n) is 11.1. The highest BCUT2D eigenvalue weighted by molar-refractivity contribution is 5.90. The van der Waals surface area contributed by atoms with Crippen LogP contribution >= 0.6 is 0 Å². The van der Waals surface area contributed by atoms with E-state index in [9.17, 15) is 4.79 Å². The number of nitrogens with one attached hydrogen (secondary N) is 1. The zero-order chi connectivity index (χ0) is 14.5. The van der Waals surface area contributed by atoms with Crippen molar-refractivity contribution in [1.29, 1.82) is 0 Å². The predicted molar refractivity (Wildman–Crippen MR) is 73.3 cm³/mol. The first-order valence-corrected chi connectivity index (χ1v) is 6.31. The SMILES string of the molecule is CCc1ccccc1-n1nc(NCCO)c(C(=O)O)n1. The van der Waals surface area contributed by atoms with Crippen LogP contribution in [0.15, 0.2) is 24.3 Å². The molecule has 2 aromatic rings. The van der Waals surface area contributed by atoms with Crippen molar-refractivity contribution < 1.29 is 15.0 Å². The van der Waals surface area contributed by atoms with E-state index < -0.39 is 5.97 Å². The zero-order valence-corrected chi connectivity index (χ0v) is 11.1. The van der Waals surface area contributed by atoms with E-state index in [0.717, 1.165) is 17.7 Å². The van der Waals surface area contributed by atoms with Crippen LogP contribution in [-0.2, 0) is 6.42 Å². The number of benzene rings is 1. The highest BCUT2D eigenvalue weighted by atomic mass is 16.4. The number of aromatic carboxylic acids is 1. The highest BCUT2D eigenvalue weighted by Crippen LogP contribution is 2.17. The Morgan fingerprint density at radius 2 is 2.10 bits per heavy atom. The molecule has 0 saturated heterocycles. The number of anilines is 1. The van der Waals surface area contributed by atoms with E-state index in [0.29, 0.717) is 0 Å². The Morgan fingerprint density at radius 3 is 2.75 bits per heavy atom. The van der Waals surface area contributed by atoms with Gasteiger partial charge in [0.2, 0.25) is 5.69 Å². The van der Waals surface area contributed by atoms with Crippen LogP contribution in [0.1, 0.15) is 23.0 Å². The first kappa shape index (κ1) is 14.0. The van der Waals surface area contributed by atoms with Crippen molar-refractivity contribution in [2.24, 2.45) is 0 Å². The first-order chi connectivity index (χ1) is 9.67. The number of hydrogen-bond acceptors (Lipinski definition) is 5. The number of aryl methyl sites for hydroxylation is 1. The number of carboxylic acids is 1. The summed E-state index contributed by atoms with van der Waals surface area (Å²) in [6.45, 7) is 2.11. The van der Waals surface area contributed by atoms with Crippen LogP contribution < -0.4 is 5.32 Å². The predicted octanol–water partition coefficient (Wildman–Crippen LogP) is 0.932. The fraction of sp³-hybridized carbons (Fsp3) is 0.308. The molecular weight excluding hydrogens is 260 g/mol. The second-order valence-corrected chi connectivity index (χ2v) is 4.12. The smallest absolute Gasteiger partial charge is 0.360 e. The Labute approximate surface area is 115 Å². The van der Waals surface area contributed by atoms with Gasteiger partial charge in [-0.25, -0.2) is 4.79 Å². The molecule has 1 aromatic heterocycles. The van der Waals surface area contributed by atoms with Crippen molar-refractivity contribution in [3.05, 3.63) is 35.5 Å². The minimum atomic E-state index is -1.16. The maximum absolute atomic E-state index is 11.2. The van der Waals surface area contributed by atoms with E-state index in [1.807, 2.05) is 31.2 Å². The third-order valence-corrected chi connectivity index (χ3v) is 2.81. The maximum Gasteiger partial charge on any atom is 0.360 e. The molecule has 1 aromatic carbocycles. The summed E-state index contributed by atoms with van der Waals surface area (Å²) in [5.41, 5.74) is 1.60. The van der Waals surface area contributed by atoms with Crippen LogP contribution in [0.5, 0.6) is 0 Å². The number of para-hydroxylation sites is 1. The Kier molecular flexibility index (Phi) is 4.31. The van der Waals surface area contributed by atoms with Crippen LogP contribution in [0, 0.1) is 0 Å². The third-order valence-electron chi connectivity index (χ3n) is 2.81. The number of aromatic nitrogens is 3. The summed E-state index contributed by atoms with van der Waals surface area (Å²) in [4.78, 5) is 12.5. The third kappa shape index (κ3) is 2.77. The van der Waals surface area contributed by atoms with E-state index in [1.54, 1.807) is 0 Å². The summed E-state index contributed by atoms with van der Waals surface area (Å²) in [7, 11) is 0. The molecule has 0 bridgehead atoms. The van der Waals surface area contributed by atoms with Crippen molar-refractivity contribution in [3.8, 4) is 5.69 Å². The van der Waals surface area contributed by atoms with Crippen molar-refractivity contribution >= 4 is 11.8 Å². The number of carbonyl (C=O) groups is 1. The van der Waals surface area contributed by atoms with Crippen molar-refractivity contribution in [3.63, 3.8) is 0 Å². The number of nitrogens with zero attached hydrogens (tertiary/aromatic N) is 3. The van der Waals surface area contributed by atoms with Gasteiger partial charge in [-0.15, -0.1) is 15.0 Å². The van der Waals surface area contributed by atoms with Gasteiger partial charge in [-0.2, -0.15) is 0 Å². The lowest BCUT2D eigenvalue weighted by Gasteiger charge is -2.05. The fourth-order valence-electron chi connectivity index (χ4n) is 1.86. The molecule has 0 fully saturated rings. The number of aliphatic hydroxyl groups is 1. The van der Waals surface area contributed by atoms with Gasteiger partial charge in [0.15, 0.2) is 5.82 Å². The van der Waals surface area contributed by atoms with Crippen LogP contribution in [0.25, 0.3) is 5.69 Å². The molecule has 0 saturated carbocycles. The molecule has 0 spiro atoms. The Hall–Kier alpha value is -2.41. The van der Waals surface area contributed by atoms with Gasteiger partial charge in [0.05, 0.1) is 12.3 Å². The van der Waals surface area contributed by atoms with Gasteiger partial charge in [0.25, 0.3) is 0 Å². The summed E-state index contributed by atoms with van der Waals surface area (Å²) < 4.78 is 0. The standard InChI is InChI=1S/C13H16N4O3/c1-2-9-5-3-4-6-10(9)17-15-11(13(19)20)12(16-17)14-7-8-18/h3-6,18H,2,7-8H2,1H3,(H,14,16)(H,19,20). The van der Waals surface area contributed by atoms with E-state index in [2.05, 4.69) is 15.5 Å². The van der Waals surface area contributed by atoms with Gasteiger partial charge in [-0.3, -0.25) is 0 Å². The van der Waals surface area contributed by atoms with E-state index in [1.165, 1.54) is 4.80 Å². The molecule has 2 rings (SSSR count). The van der Waals surface area contributed by atoms with Gasteiger partial charge in [-0.05, 0) is 18.1 Å². The lowest BCUT2D eigenvalue weighted by atomic mass is 10.1. The average molecular weight is 276 g/mol. The number of hydrogen-bond donors (Lipinski definition) is 3. The number of rotatable bonds is 6. The minimum Gasteiger partial charge on any atom is -0.476 e. The second-order valence-electron chi connectivity index (χ2n) is 4.12. The molecule has 1 heterocycles. The summed E-state index contributed by atoms with van der Waals surface area (Å²) in [6, 6.07) is 7.54. The molecule has 0 unspecified atom stereocenters. The van der Waals surface area contributed by atoms with Gasteiger partial charge >= 0.3 is 5.97 Å². The lowest BCUT2D eigenvalue weighted by Crippen LogP contribution is -2.09.